The summed E-state index contributed by atoms with van der Waals surface area (Å²) in [5, 5.41) is 8.81. The van der Waals surface area contributed by atoms with Crippen LogP contribution in [0.25, 0.3) is 0 Å². The summed E-state index contributed by atoms with van der Waals surface area (Å²) in [5.74, 6) is -0.784. The summed E-state index contributed by atoms with van der Waals surface area (Å²) < 4.78 is 66.1. The monoisotopic (exact) mass is 423 g/mol. The van der Waals surface area contributed by atoms with Crippen molar-refractivity contribution in [3.63, 3.8) is 0 Å². The molecule has 2 aromatic carbocycles. The SMILES string of the molecule is N#Cc1ccc(S(=O)(=O)N2CCN(C(=O)c3ccccc3C(F)(F)F)CC2)cc1. The number of carbonyl (C=O) groups is 1. The van der Waals surface area contributed by atoms with Crippen LogP contribution in [0.5, 0.6) is 0 Å². The summed E-state index contributed by atoms with van der Waals surface area (Å²) in [6.07, 6.45) is -4.66. The average Bonchev–Trinajstić information content (AvgIpc) is 2.72. The van der Waals surface area contributed by atoms with Crippen LogP contribution in [0, 0.1) is 11.3 Å². The van der Waals surface area contributed by atoms with E-state index in [4.69, 9.17) is 5.26 Å². The predicted molar refractivity (Wildman–Crippen MR) is 97.3 cm³/mol. The maximum Gasteiger partial charge on any atom is 0.417 e. The Morgan fingerprint density at radius 3 is 2.10 bits per heavy atom. The normalized spacial score (nSPS) is 15.7. The highest BCUT2D eigenvalue weighted by atomic mass is 32.2. The zero-order valence-electron chi connectivity index (χ0n) is 15.1. The lowest BCUT2D eigenvalue weighted by Crippen LogP contribution is -2.50. The fourth-order valence-electron chi connectivity index (χ4n) is 3.07. The molecule has 1 heterocycles. The third kappa shape index (κ3) is 4.26. The summed E-state index contributed by atoms with van der Waals surface area (Å²) in [6, 6.07) is 11.9. The molecular weight excluding hydrogens is 407 g/mol. The van der Waals surface area contributed by atoms with E-state index in [0.717, 1.165) is 12.1 Å². The van der Waals surface area contributed by atoms with Crippen molar-refractivity contribution in [2.24, 2.45) is 0 Å². The van der Waals surface area contributed by atoms with Gasteiger partial charge in [0.1, 0.15) is 0 Å². The van der Waals surface area contributed by atoms with Crippen LogP contribution >= 0.6 is 0 Å². The summed E-state index contributed by atoms with van der Waals surface area (Å²) in [4.78, 5) is 13.8. The number of nitrogens with zero attached hydrogens (tertiary/aromatic N) is 3. The number of benzene rings is 2. The topological polar surface area (TPSA) is 81.5 Å². The number of amides is 1. The predicted octanol–water partition coefficient (Wildman–Crippen LogP) is 2.72. The van der Waals surface area contributed by atoms with Gasteiger partial charge in [0.25, 0.3) is 5.91 Å². The van der Waals surface area contributed by atoms with Crippen molar-refractivity contribution in [3.8, 4) is 6.07 Å². The van der Waals surface area contributed by atoms with E-state index in [1.807, 2.05) is 6.07 Å². The Kier molecular flexibility index (Phi) is 5.64. The summed E-state index contributed by atoms with van der Waals surface area (Å²) in [6.45, 7) is -0.133. The molecule has 2 aromatic rings. The van der Waals surface area contributed by atoms with Gasteiger partial charge in [-0.05, 0) is 36.4 Å². The molecule has 0 saturated carbocycles. The number of hydrogen-bond donors (Lipinski definition) is 0. The van der Waals surface area contributed by atoms with Crippen molar-refractivity contribution < 1.29 is 26.4 Å². The molecule has 1 aliphatic rings. The van der Waals surface area contributed by atoms with Crippen LogP contribution in [0.3, 0.4) is 0 Å². The van der Waals surface area contributed by atoms with Crippen molar-refractivity contribution in [2.75, 3.05) is 26.2 Å². The number of carbonyl (C=O) groups excluding carboxylic acids is 1. The van der Waals surface area contributed by atoms with Crippen molar-refractivity contribution >= 4 is 15.9 Å². The third-order valence-electron chi connectivity index (χ3n) is 4.61. The van der Waals surface area contributed by atoms with E-state index in [1.165, 1.54) is 45.6 Å². The molecule has 6 nitrogen and oxygen atoms in total. The van der Waals surface area contributed by atoms with Crippen molar-refractivity contribution in [1.82, 2.24) is 9.21 Å². The molecule has 0 radical (unpaired) electrons. The summed E-state index contributed by atoms with van der Waals surface area (Å²) in [7, 11) is -3.83. The smallest absolute Gasteiger partial charge is 0.336 e. The van der Waals surface area contributed by atoms with Gasteiger partial charge in [0.15, 0.2) is 0 Å². The Bertz CT molecular complexity index is 1050. The van der Waals surface area contributed by atoms with Crippen molar-refractivity contribution in [3.05, 3.63) is 65.2 Å². The first-order valence-electron chi connectivity index (χ1n) is 8.60. The van der Waals surface area contributed by atoms with Crippen LogP contribution in [-0.4, -0.2) is 49.7 Å². The van der Waals surface area contributed by atoms with E-state index < -0.39 is 33.2 Å². The third-order valence-corrected chi connectivity index (χ3v) is 6.52. The zero-order valence-corrected chi connectivity index (χ0v) is 15.9. The van der Waals surface area contributed by atoms with Crippen molar-refractivity contribution in [2.45, 2.75) is 11.1 Å². The molecule has 0 aliphatic carbocycles. The number of nitriles is 1. The Hall–Kier alpha value is -2.90. The van der Waals surface area contributed by atoms with Crippen LogP contribution in [0.2, 0.25) is 0 Å². The van der Waals surface area contributed by atoms with Gasteiger partial charge in [-0.2, -0.15) is 22.7 Å². The minimum absolute atomic E-state index is 0.0127. The molecule has 1 fully saturated rings. The lowest BCUT2D eigenvalue weighted by molar-refractivity contribution is -0.138. The van der Waals surface area contributed by atoms with E-state index in [1.54, 1.807) is 0 Å². The molecule has 0 N–H and O–H groups in total. The van der Waals surface area contributed by atoms with Gasteiger partial charge in [-0.25, -0.2) is 8.42 Å². The number of alkyl halides is 3. The van der Waals surface area contributed by atoms with Gasteiger partial charge in [0, 0.05) is 26.2 Å². The average molecular weight is 423 g/mol. The Labute approximate surface area is 165 Å². The molecule has 3 rings (SSSR count). The van der Waals surface area contributed by atoms with E-state index in [0.29, 0.717) is 5.56 Å². The van der Waals surface area contributed by atoms with Crippen LogP contribution < -0.4 is 0 Å². The van der Waals surface area contributed by atoms with Gasteiger partial charge >= 0.3 is 6.18 Å². The summed E-state index contributed by atoms with van der Waals surface area (Å²) in [5.41, 5.74) is -1.15. The Balaban J connectivity index is 1.74. The number of sulfonamides is 1. The first-order chi connectivity index (χ1) is 13.6. The highest BCUT2D eigenvalue weighted by molar-refractivity contribution is 7.89. The van der Waals surface area contributed by atoms with Crippen molar-refractivity contribution in [1.29, 1.82) is 5.26 Å². The second-order valence-electron chi connectivity index (χ2n) is 6.38. The quantitative estimate of drug-likeness (QED) is 0.760. The summed E-state index contributed by atoms with van der Waals surface area (Å²) >= 11 is 0. The Morgan fingerprint density at radius 2 is 1.55 bits per heavy atom. The second-order valence-corrected chi connectivity index (χ2v) is 8.31. The fraction of sp³-hybridized carbons (Fsp3) is 0.263. The highest BCUT2D eigenvalue weighted by Gasteiger charge is 2.37. The van der Waals surface area contributed by atoms with Gasteiger partial charge in [-0.15, -0.1) is 0 Å². The minimum Gasteiger partial charge on any atom is -0.336 e. The fourth-order valence-corrected chi connectivity index (χ4v) is 4.49. The van der Waals surface area contributed by atoms with Gasteiger partial charge in [-0.1, -0.05) is 12.1 Å². The molecule has 0 aromatic heterocycles. The molecule has 10 heteroatoms. The van der Waals surface area contributed by atoms with Gasteiger partial charge in [-0.3, -0.25) is 4.79 Å². The molecule has 1 amide bonds. The maximum absolute atomic E-state index is 13.2. The van der Waals surface area contributed by atoms with E-state index in [-0.39, 0.29) is 31.1 Å². The molecule has 0 bridgehead atoms. The van der Waals surface area contributed by atoms with Crippen LogP contribution in [-0.2, 0) is 16.2 Å². The minimum atomic E-state index is -4.66. The number of piperazine rings is 1. The van der Waals surface area contributed by atoms with Crippen LogP contribution in [0.1, 0.15) is 21.5 Å². The second kappa shape index (κ2) is 7.85. The molecule has 1 aliphatic heterocycles. The maximum atomic E-state index is 13.2. The molecule has 0 unspecified atom stereocenters. The van der Waals surface area contributed by atoms with E-state index in [2.05, 4.69) is 0 Å². The van der Waals surface area contributed by atoms with E-state index >= 15 is 0 Å². The molecule has 1 saturated heterocycles. The lowest BCUT2D eigenvalue weighted by Gasteiger charge is -2.34. The number of hydrogen-bond acceptors (Lipinski definition) is 4. The molecule has 0 spiro atoms. The van der Waals surface area contributed by atoms with E-state index in [9.17, 15) is 26.4 Å². The Morgan fingerprint density at radius 1 is 0.966 bits per heavy atom. The number of rotatable bonds is 3. The largest absolute Gasteiger partial charge is 0.417 e. The molecular formula is C19H16F3N3O3S. The zero-order chi connectivity index (χ0) is 21.2. The van der Waals surface area contributed by atoms with Gasteiger partial charge in [0.2, 0.25) is 10.0 Å². The first kappa shape index (κ1) is 20.8. The van der Waals surface area contributed by atoms with Crippen LogP contribution in [0.4, 0.5) is 13.2 Å². The molecule has 29 heavy (non-hydrogen) atoms. The molecule has 152 valence electrons. The van der Waals surface area contributed by atoms with Gasteiger partial charge < -0.3 is 4.90 Å². The standard InChI is InChI=1S/C19H16F3N3O3S/c20-19(21,22)17-4-2-1-3-16(17)18(26)24-9-11-25(12-10-24)29(27,28)15-7-5-14(13-23)6-8-15/h1-8H,9-12H2. The van der Waals surface area contributed by atoms with Gasteiger partial charge in [0.05, 0.1) is 27.7 Å². The molecule has 0 atom stereocenters. The number of halogens is 3. The van der Waals surface area contributed by atoms with Crippen LogP contribution in [0.15, 0.2) is 53.4 Å². The highest BCUT2D eigenvalue weighted by Crippen LogP contribution is 2.32. The first-order valence-corrected chi connectivity index (χ1v) is 10.0. The lowest BCUT2D eigenvalue weighted by atomic mass is 10.1.